The largest absolute Gasteiger partial charge is 0.371 e. The molecule has 1 fully saturated rings. The first-order chi connectivity index (χ1) is 8.44. The Morgan fingerprint density at radius 3 is 2.22 bits per heavy atom. The molecule has 1 aliphatic carbocycles. The van der Waals surface area contributed by atoms with Crippen LogP contribution >= 0.6 is 0 Å². The van der Waals surface area contributed by atoms with E-state index in [1.165, 1.54) is 18.4 Å². The molecule has 0 radical (unpaired) electrons. The van der Waals surface area contributed by atoms with Crippen molar-refractivity contribution in [2.45, 2.75) is 58.7 Å². The molecule has 0 spiro atoms. The molecule has 0 atom stereocenters. The van der Waals surface area contributed by atoms with Crippen molar-refractivity contribution in [2.24, 2.45) is 0 Å². The summed E-state index contributed by atoms with van der Waals surface area (Å²) in [6.45, 7) is 8.95. The van der Waals surface area contributed by atoms with Gasteiger partial charge in [0.15, 0.2) is 5.82 Å². The minimum Gasteiger partial charge on any atom is -0.371 e. The van der Waals surface area contributed by atoms with Crippen LogP contribution in [0.3, 0.4) is 0 Å². The van der Waals surface area contributed by atoms with Crippen LogP contribution in [0.5, 0.6) is 0 Å². The Kier molecular flexibility index (Phi) is 3.69. The van der Waals surface area contributed by atoms with E-state index in [4.69, 9.17) is 4.74 Å². The molecule has 1 saturated carbocycles. The second-order valence-corrected chi connectivity index (χ2v) is 5.57. The van der Waals surface area contributed by atoms with Crippen LogP contribution in [0, 0.1) is 13.8 Å². The van der Waals surface area contributed by atoms with E-state index in [1.807, 2.05) is 27.7 Å². The van der Waals surface area contributed by atoms with E-state index in [-0.39, 0.29) is 0 Å². The van der Waals surface area contributed by atoms with Gasteiger partial charge in [0.1, 0.15) is 5.60 Å². The Labute approximate surface area is 109 Å². The molecule has 4 nitrogen and oxygen atoms in total. The van der Waals surface area contributed by atoms with Crippen molar-refractivity contribution in [1.82, 2.24) is 15.3 Å². The van der Waals surface area contributed by atoms with Gasteiger partial charge in [0.05, 0.1) is 0 Å². The molecule has 0 aliphatic heterocycles. The lowest BCUT2D eigenvalue weighted by Crippen LogP contribution is -2.25. The third kappa shape index (κ3) is 2.87. The summed E-state index contributed by atoms with van der Waals surface area (Å²) >= 11 is 0. The van der Waals surface area contributed by atoms with Crippen LogP contribution in [0.15, 0.2) is 0 Å². The van der Waals surface area contributed by atoms with Gasteiger partial charge in [0.2, 0.25) is 0 Å². The highest BCUT2D eigenvalue weighted by Gasteiger charge is 2.25. The van der Waals surface area contributed by atoms with Crippen molar-refractivity contribution < 1.29 is 4.74 Å². The normalized spacial score (nSPS) is 16.1. The topological polar surface area (TPSA) is 47.0 Å². The zero-order valence-corrected chi connectivity index (χ0v) is 12.0. The highest BCUT2D eigenvalue weighted by Crippen LogP contribution is 2.23. The van der Waals surface area contributed by atoms with E-state index in [2.05, 4.69) is 15.3 Å². The van der Waals surface area contributed by atoms with Gasteiger partial charge in [-0.15, -0.1) is 0 Å². The lowest BCUT2D eigenvalue weighted by Gasteiger charge is -2.23. The lowest BCUT2D eigenvalue weighted by atomic mass is 10.1. The van der Waals surface area contributed by atoms with Gasteiger partial charge >= 0.3 is 0 Å². The summed E-state index contributed by atoms with van der Waals surface area (Å²) in [5, 5.41) is 3.52. The predicted octanol–water partition coefficient (Wildman–Crippen LogP) is 2.23. The molecule has 2 rings (SSSR count). The van der Waals surface area contributed by atoms with Crippen molar-refractivity contribution in [1.29, 1.82) is 0 Å². The fourth-order valence-corrected chi connectivity index (χ4v) is 1.89. The average Bonchev–Trinajstić information content (AvgIpc) is 3.11. The lowest BCUT2D eigenvalue weighted by molar-refractivity contribution is 0.0111. The quantitative estimate of drug-likeness (QED) is 0.869. The number of hydrogen-bond acceptors (Lipinski definition) is 4. The molecule has 0 saturated heterocycles. The van der Waals surface area contributed by atoms with Crippen LogP contribution < -0.4 is 5.32 Å². The van der Waals surface area contributed by atoms with Gasteiger partial charge in [0, 0.05) is 36.6 Å². The second-order valence-electron chi connectivity index (χ2n) is 5.57. The highest BCUT2D eigenvalue weighted by atomic mass is 16.5. The molecule has 18 heavy (non-hydrogen) atoms. The van der Waals surface area contributed by atoms with E-state index >= 15 is 0 Å². The van der Waals surface area contributed by atoms with Crippen molar-refractivity contribution >= 4 is 0 Å². The summed E-state index contributed by atoms with van der Waals surface area (Å²) in [6, 6.07) is 0.707. The maximum Gasteiger partial charge on any atom is 0.160 e. The van der Waals surface area contributed by atoms with Gasteiger partial charge in [-0.3, -0.25) is 0 Å². The molecule has 100 valence electrons. The SMILES string of the molecule is COC(C)(C)c1nc(C)c(CNC2CC2)c(C)n1. The Balaban J connectivity index is 2.22. The van der Waals surface area contributed by atoms with Crippen LogP contribution in [-0.4, -0.2) is 23.1 Å². The molecule has 0 unspecified atom stereocenters. The van der Waals surface area contributed by atoms with E-state index < -0.39 is 5.60 Å². The fourth-order valence-electron chi connectivity index (χ4n) is 1.89. The number of aryl methyl sites for hydroxylation is 2. The number of rotatable bonds is 5. The van der Waals surface area contributed by atoms with E-state index in [1.54, 1.807) is 7.11 Å². The van der Waals surface area contributed by atoms with Gasteiger partial charge in [0.25, 0.3) is 0 Å². The molecule has 1 aromatic rings. The number of hydrogen-bond donors (Lipinski definition) is 1. The van der Waals surface area contributed by atoms with Crippen molar-refractivity contribution in [3.05, 3.63) is 22.8 Å². The highest BCUT2D eigenvalue weighted by molar-refractivity contribution is 5.25. The summed E-state index contributed by atoms with van der Waals surface area (Å²) in [4.78, 5) is 9.20. The summed E-state index contributed by atoms with van der Waals surface area (Å²) in [6.07, 6.45) is 2.60. The Morgan fingerprint density at radius 1 is 1.22 bits per heavy atom. The minimum atomic E-state index is -0.433. The monoisotopic (exact) mass is 249 g/mol. The van der Waals surface area contributed by atoms with E-state index in [9.17, 15) is 0 Å². The maximum atomic E-state index is 5.44. The van der Waals surface area contributed by atoms with Crippen molar-refractivity contribution in [3.63, 3.8) is 0 Å². The molecule has 1 aliphatic rings. The Bertz CT molecular complexity index is 416. The number of ether oxygens (including phenoxy) is 1. The first-order valence-corrected chi connectivity index (χ1v) is 6.57. The standard InChI is InChI=1S/C14H23N3O/c1-9-12(8-15-11-6-7-11)10(2)17-13(16-9)14(3,4)18-5/h11,15H,6-8H2,1-5H3. The summed E-state index contributed by atoms with van der Waals surface area (Å²) in [7, 11) is 1.69. The third-order valence-corrected chi connectivity index (χ3v) is 3.61. The van der Waals surface area contributed by atoms with Gasteiger partial charge in [-0.25, -0.2) is 9.97 Å². The first kappa shape index (κ1) is 13.4. The van der Waals surface area contributed by atoms with Crippen LogP contribution in [0.4, 0.5) is 0 Å². The zero-order valence-electron chi connectivity index (χ0n) is 12.0. The van der Waals surface area contributed by atoms with Crippen molar-refractivity contribution in [3.8, 4) is 0 Å². The number of methoxy groups -OCH3 is 1. The molecule has 4 heteroatoms. The summed E-state index contributed by atoms with van der Waals surface area (Å²) in [5.74, 6) is 0.759. The van der Waals surface area contributed by atoms with Crippen LogP contribution in [0.25, 0.3) is 0 Å². The first-order valence-electron chi connectivity index (χ1n) is 6.57. The van der Waals surface area contributed by atoms with Crippen LogP contribution in [0.1, 0.15) is 49.5 Å². The second kappa shape index (κ2) is 4.94. The molecule has 1 aromatic heterocycles. The van der Waals surface area contributed by atoms with E-state index in [0.717, 1.165) is 23.8 Å². The van der Waals surface area contributed by atoms with Gasteiger partial charge < -0.3 is 10.1 Å². The summed E-state index contributed by atoms with van der Waals surface area (Å²) < 4.78 is 5.44. The summed E-state index contributed by atoms with van der Waals surface area (Å²) in [5.41, 5.74) is 2.89. The average molecular weight is 249 g/mol. The number of nitrogens with one attached hydrogen (secondary N) is 1. The third-order valence-electron chi connectivity index (χ3n) is 3.61. The van der Waals surface area contributed by atoms with Crippen molar-refractivity contribution in [2.75, 3.05) is 7.11 Å². The molecule has 0 amide bonds. The zero-order chi connectivity index (χ0) is 13.3. The predicted molar refractivity (Wildman–Crippen MR) is 71.4 cm³/mol. The number of aromatic nitrogens is 2. The molecular formula is C14H23N3O. The van der Waals surface area contributed by atoms with E-state index in [0.29, 0.717) is 6.04 Å². The number of nitrogens with zero attached hydrogens (tertiary/aromatic N) is 2. The van der Waals surface area contributed by atoms with Crippen LogP contribution in [0.2, 0.25) is 0 Å². The van der Waals surface area contributed by atoms with Gasteiger partial charge in [-0.05, 0) is 40.5 Å². The molecule has 1 heterocycles. The Morgan fingerprint density at radius 2 is 1.78 bits per heavy atom. The Hall–Kier alpha value is -1.00. The minimum absolute atomic E-state index is 0.433. The van der Waals surface area contributed by atoms with Gasteiger partial charge in [-0.1, -0.05) is 0 Å². The molecule has 1 N–H and O–H groups in total. The molecule has 0 aromatic carbocycles. The maximum absolute atomic E-state index is 5.44. The molecular weight excluding hydrogens is 226 g/mol. The molecule has 0 bridgehead atoms. The van der Waals surface area contributed by atoms with Gasteiger partial charge in [-0.2, -0.15) is 0 Å². The fraction of sp³-hybridized carbons (Fsp3) is 0.714. The smallest absolute Gasteiger partial charge is 0.160 e. The van der Waals surface area contributed by atoms with Crippen LogP contribution in [-0.2, 0) is 16.9 Å².